The number of rotatable bonds is 2. The monoisotopic (exact) mass is 212 g/mol. The lowest BCUT2D eigenvalue weighted by molar-refractivity contribution is 0.996. The second-order valence-electron chi connectivity index (χ2n) is 3.35. The van der Waals surface area contributed by atoms with Crippen molar-refractivity contribution in [3.63, 3.8) is 0 Å². The maximum atomic E-state index is 5.94. The quantitative estimate of drug-likeness (QED) is 0.693. The van der Waals surface area contributed by atoms with Crippen LogP contribution in [0.15, 0.2) is 40.9 Å². The summed E-state index contributed by atoms with van der Waals surface area (Å²) in [4.78, 5) is 0. The molecule has 0 bridgehead atoms. The summed E-state index contributed by atoms with van der Waals surface area (Å²) in [5, 5.41) is 0.788. The van der Waals surface area contributed by atoms with Gasteiger partial charge in [0.1, 0.15) is 0 Å². The maximum Gasteiger partial charge on any atom is 0.0331 e. The molecule has 68 valence electrons. The summed E-state index contributed by atoms with van der Waals surface area (Å²) in [6.45, 7) is 0. The Bertz CT molecular complexity index is 316. The third-order valence-electron chi connectivity index (χ3n) is 2.48. The molecule has 1 fully saturated rings. The molecule has 0 heterocycles. The van der Waals surface area contributed by atoms with Gasteiger partial charge in [0.05, 0.1) is 0 Å². The van der Waals surface area contributed by atoms with Crippen LogP contribution in [0, 0.1) is 5.92 Å². The summed E-state index contributed by atoms with van der Waals surface area (Å²) in [7, 11) is 0. The highest BCUT2D eigenvalue weighted by Crippen LogP contribution is 2.52. The molecule has 0 aromatic heterocycles. The van der Waals surface area contributed by atoms with E-state index >= 15 is 0 Å². The van der Waals surface area contributed by atoms with Gasteiger partial charge in [0.2, 0.25) is 0 Å². The van der Waals surface area contributed by atoms with Crippen LogP contribution in [0.2, 0.25) is 0 Å². The number of allylic oxidation sites excluding steroid dienone is 1. The second-order valence-corrected chi connectivity index (χ2v) is 4.01. The first-order valence-corrected chi connectivity index (χ1v) is 5.15. The van der Waals surface area contributed by atoms with Crippen molar-refractivity contribution >= 4 is 23.2 Å². The third kappa shape index (κ3) is 1.90. The normalized spacial score (nSPS) is 27.4. The first-order valence-electron chi connectivity index (χ1n) is 4.33. The van der Waals surface area contributed by atoms with Crippen molar-refractivity contribution in [2.75, 3.05) is 0 Å². The second kappa shape index (κ2) is 3.73. The van der Waals surface area contributed by atoms with E-state index in [4.69, 9.17) is 23.2 Å². The summed E-state index contributed by atoms with van der Waals surface area (Å²) in [6.07, 6.45) is 1.13. The minimum absolute atomic E-state index is 0.460. The summed E-state index contributed by atoms with van der Waals surface area (Å²) >= 11 is 11.5. The van der Waals surface area contributed by atoms with E-state index in [0.717, 1.165) is 11.5 Å². The lowest BCUT2D eigenvalue weighted by atomic mass is 10.1. The zero-order valence-electron chi connectivity index (χ0n) is 7.08. The number of benzene rings is 1. The predicted molar refractivity (Wildman–Crippen MR) is 57.1 cm³/mol. The summed E-state index contributed by atoms with van der Waals surface area (Å²) in [5.41, 5.74) is 2.85. The van der Waals surface area contributed by atoms with E-state index < -0.39 is 0 Å². The van der Waals surface area contributed by atoms with E-state index in [2.05, 4.69) is 24.3 Å². The van der Waals surface area contributed by atoms with Gasteiger partial charge in [0.25, 0.3) is 0 Å². The van der Waals surface area contributed by atoms with Gasteiger partial charge in [-0.05, 0) is 17.9 Å². The molecule has 0 nitrogen and oxygen atoms in total. The van der Waals surface area contributed by atoms with Gasteiger partial charge in [-0.15, -0.1) is 0 Å². The highest BCUT2D eigenvalue weighted by molar-refractivity contribution is 6.36. The molecule has 0 spiro atoms. The van der Waals surface area contributed by atoms with Crippen molar-refractivity contribution < 1.29 is 0 Å². The predicted octanol–water partition coefficient (Wildman–Crippen LogP) is 4.11. The summed E-state index contributed by atoms with van der Waals surface area (Å²) in [5.74, 6) is 1.05. The molecule has 2 atom stereocenters. The SMILES string of the molecule is Cl/C=C(\Cl)[C@H]1C[C@H]1c1ccccc1. The Balaban J connectivity index is 2.09. The number of hydrogen-bond acceptors (Lipinski definition) is 0. The molecular formula is C11H10Cl2. The number of halogens is 2. The molecule has 1 saturated carbocycles. The van der Waals surface area contributed by atoms with Gasteiger partial charge in [-0.2, -0.15) is 0 Å². The van der Waals surface area contributed by atoms with Crippen LogP contribution < -0.4 is 0 Å². The van der Waals surface area contributed by atoms with Crippen LogP contribution in [-0.4, -0.2) is 0 Å². The van der Waals surface area contributed by atoms with Crippen LogP contribution in [0.3, 0.4) is 0 Å². The van der Waals surface area contributed by atoms with Crippen molar-refractivity contribution in [3.05, 3.63) is 46.5 Å². The molecule has 2 heteroatoms. The van der Waals surface area contributed by atoms with Crippen LogP contribution in [0.4, 0.5) is 0 Å². The Kier molecular flexibility index (Phi) is 2.61. The molecule has 1 aromatic rings. The van der Waals surface area contributed by atoms with Crippen LogP contribution in [0.1, 0.15) is 17.9 Å². The number of hydrogen-bond donors (Lipinski definition) is 0. The van der Waals surface area contributed by atoms with Gasteiger partial charge in [-0.1, -0.05) is 53.5 Å². The van der Waals surface area contributed by atoms with Crippen LogP contribution >= 0.6 is 23.2 Å². The molecule has 0 amide bonds. The minimum atomic E-state index is 0.460. The van der Waals surface area contributed by atoms with Gasteiger partial charge in [-0.3, -0.25) is 0 Å². The smallest absolute Gasteiger partial charge is 0.0331 e. The molecule has 0 aliphatic heterocycles. The first-order chi connectivity index (χ1) is 6.33. The molecule has 13 heavy (non-hydrogen) atoms. The molecular weight excluding hydrogens is 203 g/mol. The third-order valence-corrected chi connectivity index (χ3v) is 3.21. The van der Waals surface area contributed by atoms with Crippen LogP contribution in [0.25, 0.3) is 0 Å². The van der Waals surface area contributed by atoms with Crippen molar-refractivity contribution in [2.24, 2.45) is 5.92 Å². The molecule has 0 unspecified atom stereocenters. The van der Waals surface area contributed by atoms with Crippen molar-refractivity contribution in [3.8, 4) is 0 Å². The summed E-state index contributed by atoms with van der Waals surface area (Å²) < 4.78 is 0. The molecule has 1 aromatic carbocycles. The molecule has 0 saturated heterocycles. The Hall–Kier alpha value is -0.460. The van der Waals surface area contributed by atoms with Crippen LogP contribution in [-0.2, 0) is 0 Å². The molecule has 0 N–H and O–H groups in total. The zero-order chi connectivity index (χ0) is 9.26. The van der Waals surface area contributed by atoms with E-state index in [9.17, 15) is 0 Å². The zero-order valence-corrected chi connectivity index (χ0v) is 8.59. The average Bonchev–Trinajstić information content (AvgIpc) is 2.98. The fourth-order valence-electron chi connectivity index (χ4n) is 1.65. The summed E-state index contributed by atoms with van der Waals surface area (Å²) in [6, 6.07) is 10.4. The lowest BCUT2D eigenvalue weighted by Gasteiger charge is -1.97. The Labute approximate surface area is 88.2 Å². The Morgan fingerprint density at radius 2 is 2.00 bits per heavy atom. The van der Waals surface area contributed by atoms with E-state index in [1.807, 2.05) is 6.07 Å². The average molecular weight is 213 g/mol. The fraction of sp³-hybridized carbons (Fsp3) is 0.273. The highest BCUT2D eigenvalue weighted by Gasteiger charge is 2.40. The topological polar surface area (TPSA) is 0 Å². The van der Waals surface area contributed by atoms with Gasteiger partial charge in [-0.25, -0.2) is 0 Å². The first kappa shape index (κ1) is 9.11. The molecule has 1 aliphatic carbocycles. The molecule has 2 rings (SSSR count). The van der Waals surface area contributed by atoms with Gasteiger partial charge < -0.3 is 0 Å². The Morgan fingerprint density at radius 1 is 1.31 bits per heavy atom. The van der Waals surface area contributed by atoms with Gasteiger partial charge in [0.15, 0.2) is 0 Å². The molecule has 0 radical (unpaired) electrons. The van der Waals surface area contributed by atoms with Crippen molar-refractivity contribution in [1.82, 2.24) is 0 Å². The van der Waals surface area contributed by atoms with E-state index in [0.29, 0.717) is 11.8 Å². The largest absolute Gasteiger partial charge is 0.0917 e. The van der Waals surface area contributed by atoms with Crippen molar-refractivity contribution in [1.29, 1.82) is 0 Å². The van der Waals surface area contributed by atoms with E-state index in [1.54, 1.807) is 0 Å². The standard InChI is InChI=1S/C11H10Cl2/c12-7-11(13)10-6-9(10)8-4-2-1-3-5-8/h1-5,7,9-10H,6H2/b11-7-/t9-,10-/m0/s1. The van der Waals surface area contributed by atoms with Crippen molar-refractivity contribution in [2.45, 2.75) is 12.3 Å². The lowest BCUT2D eigenvalue weighted by Crippen LogP contribution is -1.82. The fourth-order valence-corrected chi connectivity index (χ4v) is 2.05. The van der Waals surface area contributed by atoms with E-state index in [-0.39, 0.29) is 0 Å². The highest BCUT2D eigenvalue weighted by atomic mass is 35.5. The Morgan fingerprint density at radius 3 is 2.62 bits per heavy atom. The maximum absolute atomic E-state index is 5.94. The minimum Gasteiger partial charge on any atom is -0.0917 e. The van der Waals surface area contributed by atoms with Gasteiger partial charge >= 0.3 is 0 Å². The van der Waals surface area contributed by atoms with Gasteiger partial charge in [0, 0.05) is 16.5 Å². The van der Waals surface area contributed by atoms with E-state index in [1.165, 1.54) is 11.1 Å². The van der Waals surface area contributed by atoms with Crippen LogP contribution in [0.5, 0.6) is 0 Å². The molecule has 1 aliphatic rings.